The predicted molar refractivity (Wildman–Crippen MR) is 668 cm³/mol. The number of halogens is 1. The lowest BCUT2D eigenvalue weighted by Crippen LogP contribution is -2.46. The fourth-order valence-corrected chi connectivity index (χ4v) is 22.3. The van der Waals surface area contributed by atoms with Gasteiger partial charge in [-0.05, 0) is 163 Å². The summed E-state index contributed by atoms with van der Waals surface area (Å²) in [4.78, 5) is 56.7. The highest BCUT2D eigenvalue weighted by Gasteiger charge is 2.33. The van der Waals surface area contributed by atoms with Gasteiger partial charge in [-0.3, -0.25) is 9.59 Å². The summed E-state index contributed by atoms with van der Waals surface area (Å²) < 4.78 is 24.3. The van der Waals surface area contributed by atoms with Crippen molar-refractivity contribution in [2.45, 2.75) is 71.1 Å². The predicted octanol–water partition coefficient (Wildman–Crippen LogP) is 23.3. The Bertz CT molecular complexity index is 7590. The number of thiol groups is 1. The van der Waals surface area contributed by atoms with Crippen molar-refractivity contribution in [3.05, 3.63) is 301 Å². The third-order valence-electron chi connectivity index (χ3n) is 25.9. The molecule has 7 N–H and O–H groups in total. The van der Waals surface area contributed by atoms with Gasteiger partial charge in [0.15, 0.2) is 22.5 Å². The molecule has 8 aliphatic heterocycles. The molecule has 22 rings (SSSR count). The second kappa shape index (κ2) is 52.0. The lowest BCUT2D eigenvalue weighted by atomic mass is 9.93. The first-order chi connectivity index (χ1) is 72.3. The van der Waals surface area contributed by atoms with Crippen LogP contribution in [0.15, 0.2) is 238 Å². The van der Waals surface area contributed by atoms with E-state index in [9.17, 15) is 9.59 Å². The summed E-state index contributed by atoms with van der Waals surface area (Å²) in [6.45, 7) is 17.3. The first-order valence-electron chi connectivity index (χ1n) is 49.2. The molecule has 1 fully saturated rings. The number of alkyl halides is 1. The number of aromatic nitrogens is 2. The van der Waals surface area contributed by atoms with Crippen LogP contribution in [0.1, 0.15) is 138 Å². The number of unbranched alkanes of at least 4 members (excludes halogenated alkanes) is 3. The Morgan fingerprint density at radius 3 is 1.35 bits per heavy atom. The summed E-state index contributed by atoms with van der Waals surface area (Å²) >= 11 is 73.4. The number of carbonyl (C=O) groups excluding carboxylic acids is 2. The van der Waals surface area contributed by atoms with Crippen molar-refractivity contribution in [1.82, 2.24) is 46.8 Å². The fraction of sp³-hybridized carbons (Fsp3) is 0.254. The molecule has 9 aliphatic rings. The molecule has 22 nitrogen and oxygen atoms in total. The van der Waals surface area contributed by atoms with Crippen LogP contribution >= 0.6 is 171 Å². The Labute approximate surface area is 948 Å². The van der Waals surface area contributed by atoms with E-state index < -0.39 is 0 Å². The summed E-state index contributed by atoms with van der Waals surface area (Å²) in [6, 6.07) is 73.8. The summed E-state index contributed by atoms with van der Waals surface area (Å²) in [5.74, 6) is 1.24. The van der Waals surface area contributed by atoms with Crippen LogP contribution in [-0.2, 0) is 14.3 Å². The summed E-state index contributed by atoms with van der Waals surface area (Å²) in [5.41, 5.74) is 24.2. The number of anilines is 6. The highest BCUT2D eigenvalue weighted by atomic mass is 35.5. The largest absolute Gasteiger partial charge is 0.453 e. The number of fused-ring (bicyclic) bond motifs is 13. The van der Waals surface area contributed by atoms with E-state index in [0.29, 0.717) is 57.8 Å². The standard InChI is InChI=1S/C28H36ClN3O3S2.C20H19N3OS.C20H18N2OS.3C10H10N2S2.C8H5NOS.C8H5NS2/c29-12-3-1-2-6-16-34-18-19-35-17-13-30-25(33)20-32-27(36)22-9-7-8-21-24(31-14-4-5-15-31)11-10-23(26(21)22)28(32)37;1-3-23(4-2)12-8-9-15-16(10-12)24-17-11-18(25)19-13(20(17)22-15)6-5-7-14(19)21;1-3-22(4-2)13-9-10-16-17(11-13)23-18-12-19(24)14-7-5-6-8-15(14)20(18)21-16;3*1-12(2)6-3-4-7-8(5-6)10(14)11-9(7)13;2*10-7-5-3-1-2-4-6(5)8(11)9-7/h7-11H,1-6,12-20H2,(H,30,33);5-11,21,25H,3-4H2,1-2H3;5-12H,3-4H2,1-2H3;3*3-5H,1-2H3,(H,11,13,14);2*1-4H,(H,9,10,11). The average Bonchev–Trinajstić information content (AvgIpc) is 0.951. The Morgan fingerprint density at radius 2 is 0.840 bits per heavy atom. The second-order valence-electron chi connectivity index (χ2n) is 36.1. The quantitative estimate of drug-likeness (QED) is 0.00703. The van der Waals surface area contributed by atoms with Crippen LogP contribution < -0.4 is 66.7 Å². The maximum atomic E-state index is 12.7. The van der Waals surface area contributed by atoms with E-state index in [1.165, 1.54) is 23.9 Å². The van der Waals surface area contributed by atoms with Crippen LogP contribution in [0.25, 0.3) is 77.1 Å². The molecule has 12 aromatic carbocycles. The molecule has 0 radical (unpaired) electrons. The number of hydrogen-bond acceptors (Lipinski definition) is 28. The minimum atomic E-state index is -0.134. The third-order valence-corrected chi connectivity index (χ3v) is 30.6. The van der Waals surface area contributed by atoms with E-state index >= 15 is 0 Å². The zero-order valence-corrected chi connectivity index (χ0v) is 95.9. The van der Waals surface area contributed by atoms with Crippen molar-refractivity contribution in [1.29, 1.82) is 5.41 Å². The van der Waals surface area contributed by atoms with Crippen molar-refractivity contribution < 1.29 is 27.9 Å². The van der Waals surface area contributed by atoms with Crippen LogP contribution in [0.4, 0.5) is 34.1 Å². The number of benzene rings is 13. The molecule has 9 heterocycles. The van der Waals surface area contributed by atoms with E-state index in [1.54, 1.807) is 17.0 Å². The van der Waals surface area contributed by atoms with E-state index in [1.807, 2.05) is 215 Å². The van der Waals surface area contributed by atoms with E-state index in [0.717, 1.165) is 282 Å². The number of thiocarbonyl (C=S) groups is 11. The Balaban J connectivity index is 0.000000133. The minimum Gasteiger partial charge on any atom is -0.453 e. The van der Waals surface area contributed by atoms with Gasteiger partial charge in [-0.2, -0.15) is 0 Å². The van der Waals surface area contributed by atoms with Crippen molar-refractivity contribution >= 4 is 337 Å². The van der Waals surface area contributed by atoms with E-state index in [4.69, 9.17) is 192 Å². The van der Waals surface area contributed by atoms with Crippen molar-refractivity contribution in [2.75, 3.05) is 156 Å². The smallest absolute Gasteiger partial charge is 0.257 e. The number of ether oxygens (including phenoxy) is 2. The molecular formula is C114H113ClN16O6S13. The molecule has 0 spiro atoms. The van der Waals surface area contributed by atoms with Gasteiger partial charge in [0.1, 0.15) is 83.7 Å². The van der Waals surface area contributed by atoms with Crippen molar-refractivity contribution in [3.8, 4) is 11.5 Å². The van der Waals surface area contributed by atoms with Gasteiger partial charge in [-0.1, -0.05) is 257 Å². The van der Waals surface area contributed by atoms with Gasteiger partial charge < -0.3 is 89.9 Å². The first kappa shape index (κ1) is 112. The lowest BCUT2D eigenvalue weighted by molar-refractivity contribution is -0.121. The Morgan fingerprint density at radius 1 is 0.420 bits per heavy atom. The van der Waals surface area contributed by atoms with Crippen molar-refractivity contribution in [2.24, 2.45) is 0 Å². The van der Waals surface area contributed by atoms with Gasteiger partial charge in [0.25, 0.3) is 5.91 Å². The van der Waals surface area contributed by atoms with Crippen LogP contribution in [0.2, 0.25) is 0 Å². The zero-order chi connectivity index (χ0) is 107. The van der Waals surface area contributed by atoms with Gasteiger partial charge in [0.05, 0.1) is 25.2 Å². The monoisotopic (exact) mass is 2250 g/mol. The number of nitrogens with zero attached hydrogens (tertiary/aromatic N) is 9. The van der Waals surface area contributed by atoms with Gasteiger partial charge >= 0.3 is 0 Å². The number of hydrogen-bond donors (Lipinski definition) is 8. The molecule has 1 aliphatic carbocycles. The molecule has 13 aromatic rings. The van der Waals surface area contributed by atoms with E-state index in [-0.39, 0.29) is 18.4 Å². The Kier molecular flexibility index (Phi) is 38.9. The molecule has 0 atom stereocenters. The highest BCUT2D eigenvalue weighted by Crippen LogP contribution is 2.41. The first-order valence-corrected chi connectivity index (χ1v) is 55.0. The minimum absolute atomic E-state index is 0.0915. The molecule has 2 amide bonds. The third kappa shape index (κ3) is 26.2. The van der Waals surface area contributed by atoms with Crippen molar-refractivity contribution in [3.63, 3.8) is 0 Å². The summed E-state index contributed by atoms with van der Waals surface area (Å²) in [6.07, 6.45) is 6.84. The SMILES string of the molecule is CCN(CC)c1ccc2nc3c(cc(S)c4c(=N)cccc43)oc2c1.CCN(CC)c1ccc2nc3c4ccccc4c(=S)cc-3oc2c1.CN(C)c1ccc2c(c1)C(=S)NC2=S.CN(C)c1ccc2c(c1)C(=S)NC2=S.CN(C)c1ccc2c(c1)C(=S)NC2=S.O=C(CN1C(=S)c2cccc3c(N4CCCC4)ccc(c23)C1=S)NCCOCCOCCCCCCCl.O=C1NC(=S)c2ccccc21.S=C1NC(=S)c2ccccc21. The topological polar surface area (TPSA) is 223 Å². The maximum Gasteiger partial charge on any atom is 0.257 e. The summed E-state index contributed by atoms with van der Waals surface area (Å²) in [7, 11) is 12.0. The van der Waals surface area contributed by atoms with Crippen LogP contribution in [-0.4, -0.2) is 209 Å². The highest BCUT2D eigenvalue weighted by molar-refractivity contribution is 7.84. The van der Waals surface area contributed by atoms with E-state index in [2.05, 4.69) is 142 Å². The normalized spacial score (nSPS) is 13.5. The molecule has 0 saturated carbocycles. The molecule has 36 heteroatoms. The molecule has 770 valence electrons. The van der Waals surface area contributed by atoms with Gasteiger partial charge in [0, 0.05) is 261 Å². The van der Waals surface area contributed by atoms with Crippen LogP contribution in [0.3, 0.4) is 0 Å². The molecular weight excluding hydrogens is 2140 g/mol. The number of amides is 2. The number of nitrogens with one attached hydrogen (secondary N) is 7. The Hall–Kier alpha value is -11.9. The molecule has 150 heavy (non-hydrogen) atoms. The molecule has 0 bridgehead atoms. The summed E-state index contributed by atoms with van der Waals surface area (Å²) in [5, 5.41) is 32.1. The fourth-order valence-electron chi connectivity index (χ4n) is 18.0. The molecule has 1 saturated heterocycles. The molecule has 1 aromatic heterocycles. The van der Waals surface area contributed by atoms with Gasteiger partial charge in [-0.15, -0.1) is 24.2 Å². The van der Waals surface area contributed by atoms with Gasteiger partial charge in [-0.25, -0.2) is 9.97 Å². The van der Waals surface area contributed by atoms with Crippen LogP contribution in [0.5, 0.6) is 0 Å². The average molecular weight is 2260 g/mol. The lowest BCUT2D eigenvalue weighted by Gasteiger charge is -2.32. The van der Waals surface area contributed by atoms with Gasteiger partial charge in [0.2, 0.25) is 5.91 Å². The number of rotatable bonds is 24. The zero-order valence-electron chi connectivity index (χ0n) is 84.5. The second-order valence-corrected chi connectivity index (χ2v) is 41.9. The van der Waals surface area contributed by atoms with Crippen LogP contribution in [0, 0.1) is 9.92 Å². The maximum absolute atomic E-state index is 12.7. The molecule has 0 unspecified atom stereocenters. The number of carbonyl (C=O) groups is 2.